The van der Waals surface area contributed by atoms with Crippen molar-refractivity contribution in [1.29, 1.82) is 0 Å². The summed E-state index contributed by atoms with van der Waals surface area (Å²) in [6.07, 6.45) is 0.301. The minimum atomic E-state index is -4.98. The van der Waals surface area contributed by atoms with Gasteiger partial charge in [-0.05, 0) is 6.42 Å². The topological polar surface area (TPSA) is 124 Å². The lowest BCUT2D eigenvalue weighted by Gasteiger charge is -2.19. The summed E-state index contributed by atoms with van der Waals surface area (Å²) >= 11 is 0. The molecule has 0 heterocycles. The van der Waals surface area contributed by atoms with E-state index in [1.807, 2.05) is 6.92 Å². The Labute approximate surface area is 106 Å². The van der Waals surface area contributed by atoms with E-state index in [0.29, 0.717) is 6.61 Å². The van der Waals surface area contributed by atoms with Crippen molar-refractivity contribution < 1.29 is 32.4 Å². The number of carbonyl (C=O) groups excluding carboxylic acids is 2. The highest BCUT2D eigenvalue weighted by Crippen LogP contribution is 2.08. The van der Waals surface area contributed by atoms with Gasteiger partial charge in [-0.2, -0.15) is 0 Å². The van der Waals surface area contributed by atoms with Crippen LogP contribution in [0.4, 0.5) is 0 Å². The molecule has 0 aromatic rings. The second-order valence-corrected chi connectivity index (χ2v) is 5.29. The van der Waals surface area contributed by atoms with Crippen LogP contribution in [0.15, 0.2) is 0 Å². The number of aliphatic carboxylic acids is 1. The Balaban J connectivity index is 4.28. The summed E-state index contributed by atoms with van der Waals surface area (Å²) in [6, 6.07) is 0. The Kier molecular flexibility index (Phi) is 7.72. The molecular weight excluding hydrogens is 264 g/mol. The van der Waals surface area contributed by atoms with E-state index in [0.717, 1.165) is 12.8 Å². The van der Waals surface area contributed by atoms with Crippen LogP contribution < -0.4 is 5.11 Å². The standard InChI is InChI=1S/C10H18O7S/c1-2-3-5-17-6-4-8(11)9(7-10(12)13)18(14,15)16/h9H,2-7H2,1H3,(H,12,13)(H,14,15,16)/p-2. The highest BCUT2D eigenvalue weighted by molar-refractivity contribution is 7.87. The zero-order valence-electron chi connectivity index (χ0n) is 10.1. The number of unbranched alkanes of at least 4 members (excludes halogenated alkanes) is 1. The molecule has 0 aromatic carbocycles. The fraction of sp³-hybridized carbons (Fsp3) is 0.800. The van der Waals surface area contributed by atoms with Gasteiger partial charge in [0.05, 0.1) is 6.61 Å². The molecule has 1 unspecified atom stereocenters. The van der Waals surface area contributed by atoms with Crippen molar-refractivity contribution in [2.24, 2.45) is 0 Å². The van der Waals surface area contributed by atoms with E-state index in [4.69, 9.17) is 4.74 Å². The maximum Gasteiger partial charge on any atom is 0.152 e. The quantitative estimate of drug-likeness (QED) is 0.364. The van der Waals surface area contributed by atoms with Crippen LogP contribution in [0.3, 0.4) is 0 Å². The van der Waals surface area contributed by atoms with Crippen molar-refractivity contribution in [3.05, 3.63) is 0 Å². The van der Waals surface area contributed by atoms with Gasteiger partial charge in [-0.3, -0.25) is 4.79 Å². The van der Waals surface area contributed by atoms with Gasteiger partial charge in [-0.15, -0.1) is 0 Å². The molecule has 18 heavy (non-hydrogen) atoms. The highest BCUT2D eigenvalue weighted by atomic mass is 32.2. The Morgan fingerprint density at radius 2 is 1.89 bits per heavy atom. The monoisotopic (exact) mass is 280 g/mol. The molecule has 7 nitrogen and oxygen atoms in total. The normalized spacial score (nSPS) is 13.2. The van der Waals surface area contributed by atoms with E-state index in [9.17, 15) is 27.7 Å². The van der Waals surface area contributed by atoms with E-state index in [1.54, 1.807) is 0 Å². The maximum atomic E-state index is 11.4. The first-order chi connectivity index (χ1) is 8.29. The molecule has 0 saturated carbocycles. The number of carboxylic acid groups (broad SMARTS) is 1. The van der Waals surface area contributed by atoms with E-state index in [-0.39, 0.29) is 13.0 Å². The van der Waals surface area contributed by atoms with Gasteiger partial charge in [0.1, 0.15) is 15.4 Å². The molecule has 0 N–H and O–H groups in total. The smallest absolute Gasteiger partial charge is 0.152 e. The molecule has 0 fully saturated rings. The van der Waals surface area contributed by atoms with Crippen LogP contribution in [-0.2, 0) is 24.4 Å². The first-order valence-electron chi connectivity index (χ1n) is 5.54. The van der Waals surface area contributed by atoms with Gasteiger partial charge in [0, 0.05) is 25.4 Å². The fourth-order valence-corrected chi connectivity index (χ4v) is 1.99. The molecule has 8 heteroatoms. The molecule has 0 aromatic heterocycles. The Hall–Kier alpha value is -0.990. The summed E-state index contributed by atoms with van der Waals surface area (Å²) in [4.78, 5) is 21.7. The predicted octanol–water partition coefficient (Wildman–Crippen LogP) is -1.18. The number of Topliss-reactive ketones (excluding diaryl/α,β-unsaturated/α-hetero) is 1. The van der Waals surface area contributed by atoms with Crippen LogP contribution in [0.25, 0.3) is 0 Å². The highest BCUT2D eigenvalue weighted by Gasteiger charge is 2.24. The van der Waals surface area contributed by atoms with Crippen molar-refractivity contribution in [3.63, 3.8) is 0 Å². The summed E-state index contributed by atoms with van der Waals surface area (Å²) in [6.45, 7) is 2.35. The number of hydrogen-bond acceptors (Lipinski definition) is 7. The molecule has 0 aliphatic heterocycles. The Bertz CT molecular complexity index is 374. The summed E-state index contributed by atoms with van der Waals surface area (Å²) in [5.74, 6) is -2.70. The molecule has 0 radical (unpaired) electrons. The lowest BCUT2D eigenvalue weighted by atomic mass is 10.1. The van der Waals surface area contributed by atoms with Gasteiger partial charge >= 0.3 is 0 Å². The lowest BCUT2D eigenvalue weighted by Crippen LogP contribution is -2.37. The molecule has 0 bridgehead atoms. The van der Waals surface area contributed by atoms with Crippen LogP contribution in [0, 0.1) is 0 Å². The molecule has 0 aliphatic carbocycles. The van der Waals surface area contributed by atoms with Gasteiger partial charge < -0.3 is 19.2 Å². The summed E-state index contributed by atoms with van der Waals surface area (Å²) < 4.78 is 37.2. The van der Waals surface area contributed by atoms with E-state index < -0.39 is 33.5 Å². The van der Waals surface area contributed by atoms with Crippen LogP contribution in [0.5, 0.6) is 0 Å². The van der Waals surface area contributed by atoms with Crippen molar-refractivity contribution in [3.8, 4) is 0 Å². The molecule has 0 aliphatic rings. The number of hydrogen-bond donors (Lipinski definition) is 0. The first kappa shape index (κ1) is 17.0. The van der Waals surface area contributed by atoms with Crippen LogP contribution >= 0.6 is 0 Å². The summed E-state index contributed by atoms with van der Waals surface area (Å²) in [5.41, 5.74) is 0. The summed E-state index contributed by atoms with van der Waals surface area (Å²) in [7, 11) is -4.98. The van der Waals surface area contributed by atoms with Crippen molar-refractivity contribution in [2.45, 2.75) is 37.9 Å². The van der Waals surface area contributed by atoms with Gasteiger partial charge in [-0.1, -0.05) is 13.3 Å². The second kappa shape index (κ2) is 8.17. The number of carbonyl (C=O) groups is 2. The minimum absolute atomic E-state index is 0.0299. The molecule has 1 atom stereocenters. The minimum Gasteiger partial charge on any atom is -0.747 e. The second-order valence-electron chi connectivity index (χ2n) is 3.74. The summed E-state index contributed by atoms with van der Waals surface area (Å²) in [5, 5.41) is 8.19. The van der Waals surface area contributed by atoms with Crippen molar-refractivity contribution >= 4 is 21.9 Å². The Morgan fingerprint density at radius 3 is 2.33 bits per heavy atom. The molecule has 0 amide bonds. The van der Waals surface area contributed by atoms with Crippen LogP contribution in [0.1, 0.15) is 32.6 Å². The predicted molar refractivity (Wildman–Crippen MR) is 58.5 cm³/mol. The third-order valence-electron chi connectivity index (χ3n) is 2.19. The first-order valence-corrected chi connectivity index (χ1v) is 7.01. The third kappa shape index (κ3) is 7.36. The third-order valence-corrected chi connectivity index (χ3v) is 3.32. The average Bonchev–Trinajstić information content (AvgIpc) is 2.23. The lowest BCUT2D eigenvalue weighted by molar-refractivity contribution is -0.305. The number of rotatable bonds is 10. The largest absolute Gasteiger partial charge is 0.747 e. The molecule has 0 spiro atoms. The maximum absolute atomic E-state index is 11.4. The SMILES string of the molecule is CCCCOCCC(=O)C(CC(=O)[O-])S(=O)(=O)[O-]. The average molecular weight is 280 g/mol. The van der Waals surface area contributed by atoms with Gasteiger partial charge in [-0.25, -0.2) is 8.42 Å². The van der Waals surface area contributed by atoms with E-state index in [2.05, 4.69) is 0 Å². The van der Waals surface area contributed by atoms with Gasteiger partial charge in [0.2, 0.25) is 0 Å². The number of ether oxygens (including phenoxy) is 1. The molecular formula is C10H16O7S-2. The van der Waals surface area contributed by atoms with Crippen LogP contribution in [0.2, 0.25) is 0 Å². The van der Waals surface area contributed by atoms with Gasteiger partial charge in [0.25, 0.3) is 0 Å². The van der Waals surface area contributed by atoms with E-state index in [1.165, 1.54) is 0 Å². The van der Waals surface area contributed by atoms with Crippen LogP contribution in [-0.4, -0.2) is 43.2 Å². The van der Waals surface area contributed by atoms with Crippen molar-refractivity contribution in [2.75, 3.05) is 13.2 Å². The molecule has 0 rings (SSSR count). The Morgan fingerprint density at radius 1 is 1.28 bits per heavy atom. The number of carboxylic acids is 1. The zero-order valence-corrected chi connectivity index (χ0v) is 10.9. The molecule has 106 valence electrons. The van der Waals surface area contributed by atoms with E-state index >= 15 is 0 Å². The van der Waals surface area contributed by atoms with Gasteiger partial charge in [0.15, 0.2) is 5.78 Å². The zero-order chi connectivity index (χ0) is 14.2. The number of ketones is 1. The molecule has 0 saturated heterocycles. The van der Waals surface area contributed by atoms with Crippen molar-refractivity contribution in [1.82, 2.24) is 0 Å². The fourth-order valence-electron chi connectivity index (χ4n) is 1.21.